The van der Waals surface area contributed by atoms with Crippen LogP contribution in [0.2, 0.25) is 0 Å². The lowest BCUT2D eigenvalue weighted by molar-refractivity contribution is -0.131. The number of para-hydroxylation sites is 1. The van der Waals surface area contributed by atoms with Crippen LogP contribution in [0.25, 0.3) is 0 Å². The number of hydrogen-bond acceptors (Lipinski definition) is 6. The summed E-state index contributed by atoms with van der Waals surface area (Å²) in [5.74, 6) is 1.86. The van der Waals surface area contributed by atoms with Gasteiger partial charge in [-0.15, -0.1) is 11.8 Å². The first-order valence-electron chi connectivity index (χ1n) is 9.88. The first-order valence-corrected chi connectivity index (χ1v) is 11.6. The molecule has 0 aromatic heterocycles. The van der Waals surface area contributed by atoms with Crippen molar-refractivity contribution >= 4 is 35.3 Å². The molecule has 0 saturated heterocycles. The molecule has 7 heteroatoms. The van der Waals surface area contributed by atoms with E-state index in [4.69, 9.17) is 4.74 Å². The van der Waals surface area contributed by atoms with E-state index in [1.807, 2.05) is 52.9 Å². The van der Waals surface area contributed by atoms with Gasteiger partial charge in [-0.05, 0) is 47.4 Å². The largest absolute Gasteiger partial charge is 0.492 e. The molecule has 0 spiro atoms. The fourth-order valence-corrected chi connectivity index (χ4v) is 6.52. The minimum atomic E-state index is -0.158. The van der Waals surface area contributed by atoms with Gasteiger partial charge in [0.25, 0.3) is 0 Å². The van der Waals surface area contributed by atoms with Crippen molar-refractivity contribution in [2.24, 2.45) is 0 Å². The average Bonchev–Trinajstić information content (AvgIpc) is 3.49. The van der Waals surface area contributed by atoms with Gasteiger partial charge in [-0.25, -0.2) is 4.31 Å². The monoisotopic (exact) mass is 423 g/mol. The molecular weight excluding hydrogens is 402 g/mol. The second kappa shape index (κ2) is 7.00. The summed E-state index contributed by atoms with van der Waals surface area (Å²) in [6.45, 7) is 3.85. The number of amides is 1. The van der Waals surface area contributed by atoms with Crippen molar-refractivity contribution in [2.45, 2.75) is 15.7 Å². The highest BCUT2D eigenvalue weighted by Gasteiger charge is 2.38. The summed E-state index contributed by atoms with van der Waals surface area (Å²) >= 11 is 3.69. The van der Waals surface area contributed by atoms with Crippen molar-refractivity contribution in [1.82, 2.24) is 9.21 Å². The van der Waals surface area contributed by atoms with Crippen molar-refractivity contribution in [3.8, 4) is 5.75 Å². The second-order valence-corrected chi connectivity index (χ2v) is 10.0. The number of hydrogen-bond donors (Lipinski definition) is 1. The summed E-state index contributed by atoms with van der Waals surface area (Å²) in [6.07, 6.45) is 0. The lowest BCUT2D eigenvalue weighted by atomic mass is 10.00. The molecule has 0 radical (unpaired) electrons. The van der Waals surface area contributed by atoms with Crippen LogP contribution >= 0.6 is 23.7 Å². The summed E-state index contributed by atoms with van der Waals surface area (Å²) in [4.78, 5) is 17.8. The summed E-state index contributed by atoms with van der Waals surface area (Å²) < 4.78 is 8.13. The van der Waals surface area contributed by atoms with E-state index in [9.17, 15) is 4.79 Å². The molecule has 0 fully saturated rings. The van der Waals surface area contributed by atoms with Crippen LogP contribution in [0, 0.1) is 0 Å². The number of thioether (sulfide) groups is 1. The van der Waals surface area contributed by atoms with E-state index in [0.29, 0.717) is 6.61 Å². The van der Waals surface area contributed by atoms with Gasteiger partial charge in [0.05, 0.1) is 5.88 Å². The van der Waals surface area contributed by atoms with E-state index in [2.05, 4.69) is 27.8 Å². The Balaban J connectivity index is 1.09. The number of carbonyl (C=O) groups excluding carboxylic acids is 1. The van der Waals surface area contributed by atoms with Crippen molar-refractivity contribution in [1.29, 1.82) is 0 Å². The SMILES string of the molecule is O=C(C1COc2ccccc21)N1CC2=C(CN(Sc3ccc4c(c3)SCN4)C2)C1. The highest BCUT2D eigenvalue weighted by molar-refractivity contribution is 8.00. The third kappa shape index (κ3) is 3.12. The molecule has 0 aliphatic carbocycles. The van der Waals surface area contributed by atoms with Crippen molar-refractivity contribution in [3.05, 3.63) is 59.2 Å². The maximum Gasteiger partial charge on any atom is 0.234 e. The predicted molar refractivity (Wildman–Crippen MR) is 117 cm³/mol. The molecule has 1 N–H and O–H groups in total. The number of rotatable bonds is 3. The van der Waals surface area contributed by atoms with Crippen LogP contribution in [0.3, 0.4) is 0 Å². The molecule has 5 nitrogen and oxygen atoms in total. The molecule has 1 atom stereocenters. The van der Waals surface area contributed by atoms with Crippen LogP contribution in [-0.2, 0) is 4.79 Å². The molecule has 2 aromatic carbocycles. The van der Waals surface area contributed by atoms with Gasteiger partial charge < -0.3 is 15.0 Å². The molecule has 1 unspecified atom stereocenters. The number of anilines is 1. The first-order chi connectivity index (χ1) is 14.2. The normalized spacial score (nSPS) is 22.3. The Morgan fingerprint density at radius 2 is 1.93 bits per heavy atom. The average molecular weight is 424 g/mol. The van der Waals surface area contributed by atoms with E-state index in [-0.39, 0.29) is 11.8 Å². The molecule has 0 saturated carbocycles. The maximum absolute atomic E-state index is 13.1. The summed E-state index contributed by atoms with van der Waals surface area (Å²) in [7, 11) is 0. The molecular formula is C22H21N3O2S2. The van der Waals surface area contributed by atoms with Crippen LogP contribution in [0.15, 0.2) is 63.4 Å². The zero-order chi connectivity index (χ0) is 19.4. The predicted octanol–water partition coefficient (Wildman–Crippen LogP) is 3.80. The molecule has 4 aliphatic rings. The number of carbonyl (C=O) groups is 1. The Morgan fingerprint density at radius 3 is 2.79 bits per heavy atom. The topological polar surface area (TPSA) is 44.8 Å². The molecule has 29 heavy (non-hydrogen) atoms. The minimum absolute atomic E-state index is 0.158. The molecule has 148 valence electrons. The fourth-order valence-electron chi connectivity index (χ4n) is 4.52. The Kier molecular flexibility index (Phi) is 4.29. The molecule has 4 heterocycles. The van der Waals surface area contributed by atoms with Crippen LogP contribution in [-0.4, -0.2) is 53.8 Å². The van der Waals surface area contributed by atoms with E-state index in [1.165, 1.54) is 26.6 Å². The standard InChI is InChI=1S/C22H21N3O2S2/c26-22(18-12-27-20-4-2-1-3-17(18)20)24-8-14-10-25(11-15(14)9-24)29-16-5-6-19-21(7-16)28-13-23-19/h1-7,18,23H,8-13H2. The minimum Gasteiger partial charge on any atom is -0.492 e. The highest BCUT2D eigenvalue weighted by atomic mass is 32.2. The molecule has 4 aliphatic heterocycles. The zero-order valence-corrected chi connectivity index (χ0v) is 17.5. The van der Waals surface area contributed by atoms with Crippen molar-refractivity contribution in [2.75, 3.05) is 44.0 Å². The zero-order valence-electron chi connectivity index (χ0n) is 15.9. The number of ether oxygens (including phenoxy) is 1. The molecule has 2 aromatic rings. The first kappa shape index (κ1) is 17.7. The summed E-state index contributed by atoms with van der Waals surface area (Å²) in [5, 5.41) is 3.38. The quantitative estimate of drug-likeness (QED) is 0.599. The van der Waals surface area contributed by atoms with Crippen LogP contribution in [0.5, 0.6) is 5.75 Å². The second-order valence-electron chi connectivity index (χ2n) is 7.82. The Labute approximate surface area is 178 Å². The Morgan fingerprint density at radius 1 is 1.10 bits per heavy atom. The Hall–Kier alpha value is -2.09. The van der Waals surface area contributed by atoms with Gasteiger partial charge >= 0.3 is 0 Å². The smallest absolute Gasteiger partial charge is 0.234 e. The maximum atomic E-state index is 13.1. The van der Waals surface area contributed by atoms with Crippen LogP contribution in [0.4, 0.5) is 5.69 Å². The molecule has 0 bridgehead atoms. The van der Waals surface area contributed by atoms with Gasteiger partial charge in [-0.3, -0.25) is 4.79 Å². The van der Waals surface area contributed by atoms with Gasteiger partial charge in [0, 0.05) is 47.2 Å². The van der Waals surface area contributed by atoms with E-state index in [0.717, 1.165) is 43.4 Å². The third-order valence-corrected chi connectivity index (χ3v) is 7.90. The van der Waals surface area contributed by atoms with E-state index >= 15 is 0 Å². The number of benzene rings is 2. The molecule has 6 rings (SSSR count). The van der Waals surface area contributed by atoms with Gasteiger partial charge in [-0.1, -0.05) is 18.2 Å². The van der Waals surface area contributed by atoms with Crippen LogP contribution < -0.4 is 10.1 Å². The van der Waals surface area contributed by atoms with Crippen molar-refractivity contribution < 1.29 is 9.53 Å². The lowest BCUT2D eigenvalue weighted by Gasteiger charge is -2.24. The van der Waals surface area contributed by atoms with Crippen molar-refractivity contribution in [3.63, 3.8) is 0 Å². The fraction of sp³-hybridized carbons (Fsp3) is 0.318. The highest BCUT2D eigenvalue weighted by Crippen LogP contribution is 2.40. The van der Waals surface area contributed by atoms with Gasteiger partial charge in [0.2, 0.25) is 5.91 Å². The Bertz CT molecular complexity index is 1020. The lowest BCUT2D eigenvalue weighted by Crippen LogP contribution is -2.36. The molecule has 1 amide bonds. The number of nitrogens with one attached hydrogen (secondary N) is 1. The number of nitrogens with zero attached hydrogens (tertiary/aromatic N) is 2. The van der Waals surface area contributed by atoms with E-state index in [1.54, 1.807) is 0 Å². The summed E-state index contributed by atoms with van der Waals surface area (Å²) in [6, 6.07) is 14.6. The number of fused-ring (bicyclic) bond motifs is 2. The van der Waals surface area contributed by atoms with E-state index < -0.39 is 0 Å². The third-order valence-electron chi connectivity index (χ3n) is 5.99. The summed E-state index contributed by atoms with van der Waals surface area (Å²) in [5.41, 5.74) is 5.10. The van der Waals surface area contributed by atoms with Gasteiger partial charge in [-0.2, -0.15) is 0 Å². The van der Waals surface area contributed by atoms with Gasteiger partial charge in [0.15, 0.2) is 0 Å². The van der Waals surface area contributed by atoms with Crippen LogP contribution in [0.1, 0.15) is 11.5 Å². The van der Waals surface area contributed by atoms with Gasteiger partial charge in [0.1, 0.15) is 18.3 Å².